The predicted molar refractivity (Wildman–Crippen MR) is 85.9 cm³/mol. The normalized spacial score (nSPS) is 21.9. The minimum absolute atomic E-state index is 0. The molecule has 1 aliphatic heterocycles. The standard InChI is InChI=1S/C18H37N.FH/c1-3-5-6-7-8-9-10-11-12-16-19-17-13-15-18(19)14-4-2;/h18H,3-17H2,1-2H3;1H. The van der Waals surface area contributed by atoms with E-state index in [1.54, 1.807) is 0 Å². The molecule has 2 unspecified atom stereocenters. The average molecular weight is 288 g/mol. The first kappa shape index (κ1) is 19.9. The Morgan fingerprint density at radius 3 is 2.00 bits per heavy atom. The summed E-state index contributed by atoms with van der Waals surface area (Å²) in [5, 5.41) is 0. The summed E-state index contributed by atoms with van der Waals surface area (Å²) >= 11 is 0. The number of rotatable bonds is 12. The SMILES string of the molecule is CCCCCCCCCCC[NH+]1CCCC1CCC.[F-]. The molecule has 1 heterocycles. The van der Waals surface area contributed by atoms with Crippen LogP contribution in [0.15, 0.2) is 0 Å². The van der Waals surface area contributed by atoms with Crippen molar-refractivity contribution in [2.45, 2.75) is 103 Å². The molecule has 0 radical (unpaired) electrons. The summed E-state index contributed by atoms with van der Waals surface area (Å²) in [5.41, 5.74) is 0. The molecule has 0 aromatic carbocycles. The van der Waals surface area contributed by atoms with E-state index in [9.17, 15) is 0 Å². The van der Waals surface area contributed by atoms with Crippen molar-refractivity contribution in [3.63, 3.8) is 0 Å². The van der Waals surface area contributed by atoms with Crippen molar-refractivity contribution in [2.75, 3.05) is 13.1 Å². The molecule has 1 N–H and O–H groups in total. The van der Waals surface area contributed by atoms with Crippen molar-refractivity contribution in [1.82, 2.24) is 0 Å². The molecular weight excluding hydrogens is 249 g/mol. The second-order valence-corrected chi connectivity index (χ2v) is 6.61. The van der Waals surface area contributed by atoms with Gasteiger partial charge in [0.05, 0.1) is 19.1 Å². The zero-order valence-electron chi connectivity index (χ0n) is 14.1. The van der Waals surface area contributed by atoms with Crippen LogP contribution in [0.5, 0.6) is 0 Å². The summed E-state index contributed by atoms with van der Waals surface area (Å²) in [7, 11) is 0. The molecule has 0 amide bonds. The molecule has 20 heavy (non-hydrogen) atoms. The van der Waals surface area contributed by atoms with E-state index >= 15 is 0 Å². The van der Waals surface area contributed by atoms with Crippen LogP contribution in [0.4, 0.5) is 0 Å². The highest BCUT2D eigenvalue weighted by Gasteiger charge is 2.26. The fraction of sp³-hybridized carbons (Fsp3) is 1.00. The van der Waals surface area contributed by atoms with Crippen LogP contribution in [-0.2, 0) is 0 Å². The topological polar surface area (TPSA) is 4.44 Å². The molecule has 0 aromatic rings. The number of hydrogen-bond donors (Lipinski definition) is 1. The van der Waals surface area contributed by atoms with Gasteiger partial charge in [-0.25, -0.2) is 0 Å². The number of nitrogens with one attached hydrogen (secondary N) is 1. The van der Waals surface area contributed by atoms with E-state index < -0.39 is 0 Å². The lowest BCUT2D eigenvalue weighted by molar-refractivity contribution is -0.912. The monoisotopic (exact) mass is 287 g/mol. The van der Waals surface area contributed by atoms with Crippen LogP contribution in [0.1, 0.15) is 97.3 Å². The molecule has 1 saturated heterocycles. The number of halogens is 1. The maximum absolute atomic E-state index is 2.34. The molecule has 122 valence electrons. The molecule has 1 aliphatic rings. The summed E-state index contributed by atoms with van der Waals surface area (Å²) in [6.07, 6.45) is 19.0. The quantitative estimate of drug-likeness (QED) is 0.517. The third-order valence-electron chi connectivity index (χ3n) is 4.87. The van der Waals surface area contributed by atoms with Crippen LogP contribution in [0.3, 0.4) is 0 Å². The van der Waals surface area contributed by atoms with E-state index in [4.69, 9.17) is 0 Å². The van der Waals surface area contributed by atoms with Crippen molar-refractivity contribution in [2.24, 2.45) is 0 Å². The molecule has 0 saturated carbocycles. The molecule has 1 rings (SSSR count). The van der Waals surface area contributed by atoms with E-state index in [2.05, 4.69) is 13.8 Å². The molecule has 0 spiro atoms. The third kappa shape index (κ3) is 8.94. The predicted octanol–water partition coefficient (Wildman–Crippen LogP) is 1.37. The maximum atomic E-state index is 2.34. The van der Waals surface area contributed by atoms with Gasteiger partial charge in [-0.2, -0.15) is 0 Å². The minimum atomic E-state index is 0. The Balaban J connectivity index is 0.00000361. The van der Waals surface area contributed by atoms with Gasteiger partial charge in [-0.3, -0.25) is 0 Å². The van der Waals surface area contributed by atoms with Crippen LogP contribution >= 0.6 is 0 Å². The zero-order valence-corrected chi connectivity index (χ0v) is 14.1. The first-order valence-electron chi connectivity index (χ1n) is 9.23. The van der Waals surface area contributed by atoms with Crippen molar-refractivity contribution in [1.29, 1.82) is 0 Å². The molecular formula is C18H38FN. The second-order valence-electron chi connectivity index (χ2n) is 6.61. The molecule has 1 nitrogen and oxygen atoms in total. The second kappa shape index (κ2) is 13.9. The zero-order chi connectivity index (χ0) is 13.8. The lowest BCUT2D eigenvalue weighted by Crippen LogP contribution is -3.13. The summed E-state index contributed by atoms with van der Waals surface area (Å²) in [6.45, 7) is 7.56. The van der Waals surface area contributed by atoms with Gasteiger partial charge in [0.15, 0.2) is 0 Å². The first-order chi connectivity index (χ1) is 9.38. The first-order valence-corrected chi connectivity index (χ1v) is 9.23. The van der Waals surface area contributed by atoms with Gasteiger partial charge in [0.25, 0.3) is 0 Å². The Labute approximate surface area is 126 Å². The van der Waals surface area contributed by atoms with Gasteiger partial charge in [0.2, 0.25) is 0 Å². The van der Waals surface area contributed by atoms with Crippen LogP contribution in [0.2, 0.25) is 0 Å². The number of hydrogen-bond acceptors (Lipinski definition) is 0. The van der Waals surface area contributed by atoms with Gasteiger partial charge in [-0.15, -0.1) is 0 Å². The summed E-state index contributed by atoms with van der Waals surface area (Å²) in [5.74, 6) is 0. The van der Waals surface area contributed by atoms with Crippen molar-refractivity contribution >= 4 is 0 Å². The van der Waals surface area contributed by atoms with Gasteiger partial charge < -0.3 is 9.60 Å². The lowest BCUT2D eigenvalue weighted by atomic mass is 10.1. The highest BCUT2D eigenvalue weighted by atomic mass is 19.0. The largest absolute Gasteiger partial charge is 1.00 e. The van der Waals surface area contributed by atoms with Crippen LogP contribution in [-0.4, -0.2) is 19.1 Å². The average Bonchev–Trinajstić information content (AvgIpc) is 2.85. The molecule has 0 bridgehead atoms. The van der Waals surface area contributed by atoms with E-state index in [1.807, 2.05) is 4.90 Å². The number of unbranched alkanes of at least 4 members (excludes halogenated alkanes) is 8. The third-order valence-corrected chi connectivity index (χ3v) is 4.87. The Bertz CT molecular complexity index is 196. The number of likely N-dealkylation sites (tertiary alicyclic amines) is 1. The van der Waals surface area contributed by atoms with E-state index in [-0.39, 0.29) is 4.70 Å². The van der Waals surface area contributed by atoms with Crippen LogP contribution in [0, 0.1) is 0 Å². The van der Waals surface area contributed by atoms with Crippen molar-refractivity contribution < 1.29 is 9.60 Å². The van der Waals surface area contributed by atoms with Crippen LogP contribution < -0.4 is 9.60 Å². The molecule has 2 heteroatoms. The molecule has 1 fully saturated rings. The minimum Gasteiger partial charge on any atom is -1.00 e. The van der Waals surface area contributed by atoms with Gasteiger partial charge in [-0.05, 0) is 19.3 Å². The summed E-state index contributed by atoms with van der Waals surface area (Å²) in [4.78, 5) is 1.93. The highest BCUT2D eigenvalue weighted by molar-refractivity contribution is 4.61. The molecule has 0 aliphatic carbocycles. The van der Waals surface area contributed by atoms with Gasteiger partial charge >= 0.3 is 0 Å². The molecule has 2 atom stereocenters. The Morgan fingerprint density at radius 2 is 1.40 bits per heavy atom. The Hall–Kier alpha value is -0.110. The Kier molecular flexibility index (Phi) is 13.8. The highest BCUT2D eigenvalue weighted by Crippen LogP contribution is 2.10. The van der Waals surface area contributed by atoms with E-state index in [0.717, 1.165) is 6.04 Å². The maximum Gasteiger partial charge on any atom is 0.0876 e. The Morgan fingerprint density at radius 1 is 0.800 bits per heavy atom. The fourth-order valence-corrected chi connectivity index (χ4v) is 3.67. The van der Waals surface area contributed by atoms with Gasteiger partial charge in [0, 0.05) is 12.8 Å². The smallest absolute Gasteiger partial charge is 0.0876 e. The lowest BCUT2D eigenvalue weighted by Gasteiger charge is -2.21. The number of quaternary nitrogens is 1. The summed E-state index contributed by atoms with van der Waals surface area (Å²) < 4.78 is 0. The fourth-order valence-electron chi connectivity index (χ4n) is 3.67. The summed E-state index contributed by atoms with van der Waals surface area (Å²) in [6, 6.07) is 1.01. The van der Waals surface area contributed by atoms with E-state index in [1.165, 1.54) is 96.6 Å². The van der Waals surface area contributed by atoms with Crippen molar-refractivity contribution in [3.05, 3.63) is 0 Å². The van der Waals surface area contributed by atoms with Crippen molar-refractivity contribution in [3.8, 4) is 0 Å². The van der Waals surface area contributed by atoms with Gasteiger partial charge in [0.1, 0.15) is 0 Å². The van der Waals surface area contributed by atoms with Crippen LogP contribution in [0.25, 0.3) is 0 Å². The molecule has 0 aromatic heterocycles. The van der Waals surface area contributed by atoms with E-state index in [0.29, 0.717) is 0 Å². The van der Waals surface area contributed by atoms with Gasteiger partial charge in [-0.1, -0.05) is 65.2 Å².